The van der Waals surface area contributed by atoms with Gasteiger partial charge in [0.1, 0.15) is 0 Å². The molecule has 0 spiro atoms. The molecule has 0 saturated carbocycles. The molecule has 1 aromatic carbocycles. The number of nitrogens with zero attached hydrogens (tertiary/aromatic N) is 3. The van der Waals surface area contributed by atoms with Crippen LogP contribution in [0.5, 0.6) is 0 Å². The van der Waals surface area contributed by atoms with Gasteiger partial charge in [0.25, 0.3) is 0 Å². The van der Waals surface area contributed by atoms with Gasteiger partial charge in [0.15, 0.2) is 0 Å². The number of pyridine rings is 1. The van der Waals surface area contributed by atoms with E-state index in [-0.39, 0.29) is 6.04 Å². The van der Waals surface area contributed by atoms with E-state index in [1.807, 2.05) is 30.8 Å². The second-order valence-electron chi connectivity index (χ2n) is 3.97. The lowest BCUT2D eigenvalue weighted by molar-refractivity contribution is 0.671. The highest BCUT2D eigenvalue weighted by atomic mass is 32.1. The molecule has 18 heavy (non-hydrogen) atoms. The predicted octanol–water partition coefficient (Wildman–Crippen LogP) is 2.40. The summed E-state index contributed by atoms with van der Waals surface area (Å²) in [5, 5.41) is 10.5. The van der Waals surface area contributed by atoms with E-state index >= 15 is 0 Å². The zero-order chi connectivity index (χ0) is 12.4. The van der Waals surface area contributed by atoms with E-state index in [1.54, 1.807) is 0 Å². The summed E-state index contributed by atoms with van der Waals surface area (Å²) in [4.78, 5) is 4.48. The molecule has 4 nitrogen and oxygen atoms in total. The van der Waals surface area contributed by atoms with Gasteiger partial charge in [0, 0.05) is 22.5 Å². The number of para-hydroxylation sites is 1. The highest BCUT2D eigenvalue weighted by Gasteiger charge is 2.17. The first-order valence-electron chi connectivity index (χ1n) is 5.68. The number of benzene rings is 1. The minimum absolute atomic E-state index is 0.0300. The SMILES string of the molecule is CNC(c1csnn1)c1cccc2cccnc12. The van der Waals surface area contributed by atoms with Crippen molar-refractivity contribution in [3.8, 4) is 0 Å². The average Bonchev–Trinajstić information content (AvgIpc) is 2.94. The largest absolute Gasteiger partial charge is 0.308 e. The van der Waals surface area contributed by atoms with Gasteiger partial charge >= 0.3 is 0 Å². The first-order valence-corrected chi connectivity index (χ1v) is 6.51. The molecular weight excluding hydrogens is 244 g/mol. The monoisotopic (exact) mass is 256 g/mol. The summed E-state index contributed by atoms with van der Waals surface area (Å²) in [5.41, 5.74) is 3.07. The highest BCUT2D eigenvalue weighted by molar-refractivity contribution is 7.03. The van der Waals surface area contributed by atoms with Gasteiger partial charge < -0.3 is 5.32 Å². The van der Waals surface area contributed by atoms with Crippen LogP contribution in [0.1, 0.15) is 17.3 Å². The van der Waals surface area contributed by atoms with Crippen molar-refractivity contribution in [2.24, 2.45) is 0 Å². The molecule has 0 aliphatic heterocycles. The topological polar surface area (TPSA) is 50.7 Å². The van der Waals surface area contributed by atoms with Gasteiger partial charge in [-0.2, -0.15) is 0 Å². The molecule has 1 atom stereocenters. The molecule has 2 heterocycles. The zero-order valence-corrected chi connectivity index (χ0v) is 10.7. The molecule has 1 unspecified atom stereocenters. The summed E-state index contributed by atoms with van der Waals surface area (Å²) in [5.74, 6) is 0. The summed E-state index contributed by atoms with van der Waals surface area (Å²) in [7, 11) is 1.92. The van der Waals surface area contributed by atoms with E-state index in [4.69, 9.17) is 0 Å². The summed E-state index contributed by atoms with van der Waals surface area (Å²) >= 11 is 1.36. The molecule has 1 N–H and O–H groups in total. The lowest BCUT2D eigenvalue weighted by Crippen LogP contribution is -2.18. The van der Waals surface area contributed by atoms with Crippen LogP contribution in [-0.2, 0) is 0 Å². The van der Waals surface area contributed by atoms with Crippen LogP contribution >= 0.6 is 11.5 Å². The highest BCUT2D eigenvalue weighted by Crippen LogP contribution is 2.26. The fraction of sp³-hybridized carbons (Fsp3) is 0.154. The number of hydrogen-bond acceptors (Lipinski definition) is 5. The van der Waals surface area contributed by atoms with Gasteiger partial charge in [-0.3, -0.25) is 4.98 Å². The normalized spacial score (nSPS) is 12.7. The maximum Gasteiger partial charge on any atom is 0.0970 e. The van der Waals surface area contributed by atoms with Crippen molar-refractivity contribution in [2.45, 2.75) is 6.04 Å². The third-order valence-electron chi connectivity index (χ3n) is 2.94. The number of rotatable bonds is 3. The molecule has 0 radical (unpaired) electrons. The Balaban J connectivity index is 2.18. The van der Waals surface area contributed by atoms with Crippen LogP contribution in [0, 0.1) is 0 Å². The third kappa shape index (κ3) is 1.87. The molecule has 5 heteroatoms. The van der Waals surface area contributed by atoms with Gasteiger partial charge in [0.2, 0.25) is 0 Å². The fourth-order valence-corrected chi connectivity index (χ4v) is 2.60. The summed E-state index contributed by atoms with van der Waals surface area (Å²) in [6.07, 6.45) is 1.82. The molecule has 2 aromatic heterocycles. The van der Waals surface area contributed by atoms with Crippen LogP contribution in [0.15, 0.2) is 41.9 Å². The van der Waals surface area contributed by atoms with Crippen molar-refractivity contribution < 1.29 is 0 Å². The lowest BCUT2D eigenvalue weighted by Gasteiger charge is -2.15. The van der Waals surface area contributed by atoms with E-state index in [0.29, 0.717) is 0 Å². The number of aromatic nitrogens is 3. The Morgan fingerprint density at radius 3 is 2.89 bits per heavy atom. The van der Waals surface area contributed by atoms with Crippen LogP contribution in [0.4, 0.5) is 0 Å². The lowest BCUT2D eigenvalue weighted by atomic mass is 10.0. The maximum atomic E-state index is 4.48. The Labute approximate surface area is 109 Å². The Kier molecular flexibility index (Phi) is 3.00. The van der Waals surface area contributed by atoms with Gasteiger partial charge in [-0.1, -0.05) is 28.8 Å². The molecule has 0 aliphatic rings. The summed E-state index contributed by atoms with van der Waals surface area (Å²) in [6, 6.07) is 10.2. The first kappa shape index (κ1) is 11.3. The standard InChI is InChI=1S/C13H12N4S/c1-14-13(11-8-18-17-16-11)10-6-2-4-9-5-3-7-15-12(9)10/h2-8,13-14H,1H3. The Morgan fingerprint density at radius 2 is 2.11 bits per heavy atom. The fourth-order valence-electron chi connectivity index (χ4n) is 2.12. The van der Waals surface area contributed by atoms with Crippen LogP contribution < -0.4 is 5.32 Å². The van der Waals surface area contributed by atoms with Crippen LogP contribution in [-0.4, -0.2) is 21.6 Å². The third-order valence-corrected chi connectivity index (χ3v) is 3.46. The van der Waals surface area contributed by atoms with Crippen molar-refractivity contribution in [3.05, 3.63) is 53.2 Å². The predicted molar refractivity (Wildman–Crippen MR) is 72.6 cm³/mol. The molecular formula is C13H12N4S. The molecule has 0 amide bonds. The molecule has 0 aliphatic carbocycles. The summed E-state index contributed by atoms with van der Waals surface area (Å²) < 4.78 is 3.93. The maximum absolute atomic E-state index is 4.48. The van der Waals surface area contributed by atoms with Crippen molar-refractivity contribution in [3.63, 3.8) is 0 Å². The zero-order valence-electron chi connectivity index (χ0n) is 9.87. The van der Waals surface area contributed by atoms with Gasteiger partial charge in [-0.25, -0.2) is 0 Å². The molecule has 3 aromatic rings. The molecule has 90 valence electrons. The van der Waals surface area contributed by atoms with Gasteiger partial charge in [-0.05, 0) is 24.6 Å². The average molecular weight is 256 g/mol. The van der Waals surface area contributed by atoms with Crippen LogP contribution in [0.2, 0.25) is 0 Å². The Hall–Kier alpha value is -1.85. The number of hydrogen-bond donors (Lipinski definition) is 1. The van der Waals surface area contributed by atoms with Crippen molar-refractivity contribution >= 4 is 22.4 Å². The molecule has 3 rings (SSSR count). The van der Waals surface area contributed by atoms with E-state index < -0.39 is 0 Å². The van der Waals surface area contributed by atoms with Crippen molar-refractivity contribution in [2.75, 3.05) is 7.05 Å². The first-order chi connectivity index (χ1) is 8.90. The summed E-state index contributed by atoms with van der Waals surface area (Å²) in [6.45, 7) is 0. The van der Waals surface area contributed by atoms with E-state index in [2.05, 4.69) is 38.1 Å². The molecule has 0 saturated heterocycles. The molecule has 0 bridgehead atoms. The van der Waals surface area contributed by atoms with E-state index in [9.17, 15) is 0 Å². The van der Waals surface area contributed by atoms with Crippen LogP contribution in [0.25, 0.3) is 10.9 Å². The number of fused-ring (bicyclic) bond motifs is 1. The smallest absolute Gasteiger partial charge is 0.0970 e. The Morgan fingerprint density at radius 1 is 1.22 bits per heavy atom. The number of nitrogens with one attached hydrogen (secondary N) is 1. The Bertz CT molecular complexity index is 646. The minimum Gasteiger partial charge on any atom is -0.308 e. The second kappa shape index (κ2) is 4.80. The van der Waals surface area contributed by atoms with Gasteiger partial charge in [-0.15, -0.1) is 5.10 Å². The second-order valence-corrected chi connectivity index (χ2v) is 4.58. The molecule has 0 fully saturated rings. The quantitative estimate of drug-likeness (QED) is 0.781. The minimum atomic E-state index is 0.0300. The van der Waals surface area contributed by atoms with Gasteiger partial charge in [0.05, 0.1) is 17.3 Å². The van der Waals surface area contributed by atoms with E-state index in [0.717, 1.165) is 22.2 Å². The van der Waals surface area contributed by atoms with Crippen molar-refractivity contribution in [1.29, 1.82) is 0 Å². The van der Waals surface area contributed by atoms with Crippen molar-refractivity contribution in [1.82, 2.24) is 19.9 Å². The van der Waals surface area contributed by atoms with E-state index in [1.165, 1.54) is 11.5 Å². The van der Waals surface area contributed by atoms with Crippen LogP contribution in [0.3, 0.4) is 0 Å².